The van der Waals surface area contributed by atoms with E-state index in [-0.39, 0.29) is 31.3 Å². The number of likely N-dealkylation sites (tertiary alicyclic amines) is 1. The molecule has 8 heteroatoms. The number of nitrogens with one attached hydrogen (secondary N) is 2. The number of halogens is 3. The van der Waals surface area contributed by atoms with Crippen LogP contribution in [0.25, 0.3) is 10.9 Å². The number of aromatic amines is 1. The molecule has 0 saturated carbocycles. The minimum absolute atomic E-state index is 0.00588. The number of hydrogen-bond acceptors (Lipinski definition) is 3. The number of rotatable bonds is 3. The lowest BCUT2D eigenvalue weighted by Gasteiger charge is -2.38. The SMILES string of the molecule is CN1CC(NC(=O)Cc2ccc3[nH]ncc3c2)CCC1C(F)(F)F. The number of piperidine rings is 1. The molecule has 130 valence electrons. The first-order valence-electron chi connectivity index (χ1n) is 7.81. The average Bonchev–Trinajstić information content (AvgIpc) is 2.93. The van der Waals surface area contributed by atoms with Crippen LogP contribution in [0, 0.1) is 0 Å². The molecule has 0 aliphatic carbocycles. The zero-order valence-corrected chi connectivity index (χ0v) is 13.2. The van der Waals surface area contributed by atoms with E-state index < -0.39 is 12.2 Å². The molecule has 1 aliphatic heterocycles. The highest BCUT2D eigenvalue weighted by atomic mass is 19.4. The summed E-state index contributed by atoms with van der Waals surface area (Å²) in [5.74, 6) is -0.179. The number of alkyl halides is 3. The van der Waals surface area contributed by atoms with E-state index in [0.717, 1.165) is 16.5 Å². The maximum Gasteiger partial charge on any atom is 0.404 e. The first-order chi connectivity index (χ1) is 11.3. The van der Waals surface area contributed by atoms with Gasteiger partial charge in [0.2, 0.25) is 5.91 Å². The maximum atomic E-state index is 12.8. The summed E-state index contributed by atoms with van der Waals surface area (Å²) < 4.78 is 38.5. The van der Waals surface area contributed by atoms with Gasteiger partial charge < -0.3 is 5.32 Å². The van der Waals surface area contributed by atoms with Gasteiger partial charge in [-0.25, -0.2) is 0 Å². The second-order valence-electron chi connectivity index (χ2n) is 6.31. The van der Waals surface area contributed by atoms with Crippen LogP contribution in [-0.2, 0) is 11.2 Å². The van der Waals surface area contributed by atoms with Crippen molar-refractivity contribution >= 4 is 16.8 Å². The van der Waals surface area contributed by atoms with Crippen molar-refractivity contribution in [3.05, 3.63) is 30.0 Å². The molecular formula is C16H19F3N4O. The molecule has 1 fully saturated rings. The van der Waals surface area contributed by atoms with Crippen LogP contribution >= 0.6 is 0 Å². The molecule has 2 atom stereocenters. The Morgan fingerprint density at radius 3 is 2.92 bits per heavy atom. The number of carbonyl (C=O) groups is 1. The van der Waals surface area contributed by atoms with Gasteiger partial charge in [0.25, 0.3) is 0 Å². The smallest absolute Gasteiger partial charge is 0.352 e. The number of H-pyrrole nitrogens is 1. The molecule has 5 nitrogen and oxygen atoms in total. The van der Waals surface area contributed by atoms with Gasteiger partial charge in [0.05, 0.1) is 18.1 Å². The number of aromatic nitrogens is 2. The normalized spacial score (nSPS) is 22.7. The van der Waals surface area contributed by atoms with Crippen molar-refractivity contribution < 1.29 is 18.0 Å². The quantitative estimate of drug-likeness (QED) is 0.901. The van der Waals surface area contributed by atoms with Gasteiger partial charge in [-0.15, -0.1) is 0 Å². The molecule has 3 rings (SSSR count). The van der Waals surface area contributed by atoms with Crippen LogP contribution in [0.1, 0.15) is 18.4 Å². The third kappa shape index (κ3) is 3.69. The van der Waals surface area contributed by atoms with Crippen molar-refractivity contribution in [3.63, 3.8) is 0 Å². The third-order valence-electron chi connectivity index (χ3n) is 4.44. The fraction of sp³-hybridized carbons (Fsp3) is 0.500. The van der Waals surface area contributed by atoms with Gasteiger partial charge in [0, 0.05) is 18.0 Å². The summed E-state index contributed by atoms with van der Waals surface area (Å²) in [6.45, 7) is 0.205. The molecule has 2 aromatic rings. The molecule has 2 N–H and O–H groups in total. The van der Waals surface area contributed by atoms with E-state index in [1.54, 1.807) is 6.20 Å². The van der Waals surface area contributed by atoms with Crippen LogP contribution in [0.3, 0.4) is 0 Å². The lowest BCUT2D eigenvalue weighted by Crippen LogP contribution is -2.54. The van der Waals surface area contributed by atoms with Gasteiger partial charge >= 0.3 is 6.18 Å². The van der Waals surface area contributed by atoms with Crippen molar-refractivity contribution in [1.29, 1.82) is 0 Å². The van der Waals surface area contributed by atoms with Crippen molar-refractivity contribution in [3.8, 4) is 0 Å². The van der Waals surface area contributed by atoms with E-state index in [0.29, 0.717) is 6.42 Å². The minimum atomic E-state index is -4.22. The standard InChI is InChI=1S/C16H19F3N4O/c1-23-9-12(3-5-14(23)16(17,18)19)21-15(24)7-10-2-4-13-11(6-10)8-20-22-13/h2,4,6,8,12,14H,3,5,7,9H2,1H3,(H,20,22)(H,21,24). The molecule has 1 amide bonds. The lowest BCUT2D eigenvalue weighted by molar-refractivity contribution is -0.188. The molecular weight excluding hydrogens is 321 g/mol. The van der Waals surface area contributed by atoms with Crippen LogP contribution < -0.4 is 5.32 Å². The van der Waals surface area contributed by atoms with E-state index in [4.69, 9.17) is 0 Å². The Labute approximate surface area is 137 Å². The Morgan fingerprint density at radius 1 is 1.42 bits per heavy atom. The monoisotopic (exact) mass is 340 g/mol. The van der Waals surface area contributed by atoms with Crippen LogP contribution in [0.4, 0.5) is 13.2 Å². The second kappa shape index (κ2) is 6.43. The summed E-state index contributed by atoms with van der Waals surface area (Å²) >= 11 is 0. The highest BCUT2D eigenvalue weighted by Gasteiger charge is 2.44. The molecule has 24 heavy (non-hydrogen) atoms. The molecule has 1 saturated heterocycles. The predicted molar refractivity (Wildman–Crippen MR) is 83.4 cm³/mol. The van der Waals surface area contributed by atoms with Gasteiger partial charge in [-0.1, -0.05) is 6.07 Å². The van der Waals surface area contributed by atoms with Gasteiger partial charge in [0.1, 0.15) is 6.04 Å². The first-order valence-corrected chi connectivity index (χ1v) is 7.81. The van der Waals surface area contributed by atoms with E-state index in [1.165, 1.54) is 11.9 Å². The Hall–Kier alpha value is -2.09. The van der Waals surface area contributed by atoms with Crippen molar-refractivity contribution in [2.24, 2.45) is 0 Å². The number of hydrogen-bond donors (Lipinski definition) is 2. The molecule has 2 unspecified atom stereocenters. The zero-order valence-electron chi connectivity index (χ0n) is 13.2. The molecule has 1 aromatic heterocycles. The molecule has 1 aliphatic rings. The largest absolute Gasteiger partial charge is 0.404 e. The van der Waals surface area contributed by atoms with Gasteiger partial charge in [0.15, 0.2) is 0 Å². The summed E-state index contributed by atoms with van der Waals surface area (Å²) in [6.07, 6.45) is -2.00. The molecule has 0 bridgehead atoms. The van der Waals surface area contributed by atoms with E-state index in [9.17, 15) is 18.0 Å². The van der Waals surface area contributed by atoms with Crippen LogP contribution in [0.15, 0.2) is 24.4 Å². The molecule has 1 aromatic carbocycles. The Bertz CT molecular complexity index is 727. The summed E-state index contributed by atoms with van der Waals surface area (Å²) in [5.41, 5.74) is 1.74. The summed E-state index contributed by atoms with van der Waals surface area (Å²) in [4.78, 5) is 13.4. The van der Waals surface area contributed by atoms with Crippen molar-refractivity contribution in [2.45, 2.75) is 37.5 Å². The highest BCUT2D eigenvalue weighted by Crippen LogP contribution is 2.30. The van der Waals surface area contributed by atoms with Gasteiger partial charge in [-0.3, -0.25) is 14.8 Å². The zero-order chi connectivity index (χ0) is 17.3. The summed E-state index contributed by atoms with van der Waals surface area (Å²) in [6, 6.07) is 3.90. The number of nitrogens with zero attached hydrogens (tertiary/aromatic N) is 2. The van der Waals surface area contributed by atoms with Crippen molar-refractivity contribution in [1.82, 2.24) is 20.4 Å². The van der Waals surface area contributed by atoms with E-state index in [2.05, 4.69) is 15.5 Å². The predicted octanol–water partition coefficient (Wildman–Crippen LogP) is 2.25. The second-order valence-corrected chi connectivity index (χ2v) is 6.31. The van der Waals surface area contributed by atoms with E-state index >= 15 is 0 Å². The fourth-order valence-electron chi connectivity index (χ4n) is 3.24. The Morgan fingerprint density at radius 2 is 2.21 bits per heavy atom. The molecule has 0 radical (unpaired) electrons. The van der Waals surface area contributed by atoms with Crippen LogP contribution in [0.2, 0.25) is 0 Å². The van der Waals surface area contributed by atoms with Gasteiger partial charge in [-0.05, 0) is 37.6 Å². The number of fused-ring (bicyclic) bond motifs is 1. The highest BCUT2D eigenvalue weighted by molar-refractivity contribution is 5.83. The number of benzene rings is 1. The van der Waals surface area contributed by atoms with Crippen molar-refractivity contribution in [2.75, 3.05) is 13.6 Å². The first kappa shape index (κ1) is 16.8. The third-order valence-corrected chi connectivity index (χ3v) is 4.44. The number of carbonyl (C=O) groups excluding carboxylic acids is 1. The molecule has 0 spiro atoms. The molecule has 2 heterocycles. The number of amides is 1. The van der Waals surface area contributed by atoms with Crippen LogP contribution in [-0.4, -0.2) is 52.9 Å². The topological polar surface area (TPSA) is 61.0 Å². The lowest BCUT2D eigenvalue weighted by atomic mass is 9.98. The van der Waals surface area contributed by atoms with E-state index in [1.807, 2.05) is 18.2 Å². The van der Waals surface area contributed by atoms with Crippen LogP contribution in [0.5, 0.6) is 0 Å². The Kier molecular flexibility index (Phi) is 4.49. The minimum Gasteiger partial charge on any atom is -0.352 e. The maximum absolute atomic E-state index is 12.8. The average molecular weight is 340 g/mol. The number of likely N-dealkylation sites (N-methyl/N-ethyl adjacent to an activating group) is 1. The Balaban J connectivity index is 1.55. The summed E-state index contributed by atoms with van der Waals surface area (Å²) in [7, 11) is 1.45. The fourth-order valence-corrected chi connectivity index (χ4v) is 3.24. The van der Waals surface area contributed by atoms with Gasteiger partial charge in [-0.2, -0.15) is 18.3 Å². The summed E-state index contributed by atoms with van der Waals surface area (Å²) in [5, 5.41) is 10.5.